The van der Waals surface area contributed by atoms with Crippen LogP contribution >= 0.6 is 11.6 Å². The Morgan fingerprint density at radius 2 is 1.92 bits per heavy atom. The number of halogens is 1. The maximum Gasteiger partial charge on any atom is 0.309 e. The predicted molar refractivity (Wildman–Crippen MR) is 102 cm³/mol. The summed E-state index contributed by atoms with van der Waals surface area (Å²) in [6.45, 7) is 7.51. The van der Waals surface area contributed by atoms with Crippen molar-refractivity contribution in [2.75, 3.05) is 0 Å². The highest BCUT2D eigenvalue weighted by molar-refractivity contribution is 6.47. The normalized spacial score (nSPS) is 14.9. The maximum absolute atomic E-state index is 10.4. The fraction of sp³-hybridized carbons (Fsp3) is 0.368. The molecule has 1 unspecified atom stereocenters. The van der Waals surface area contributed by atoms with Gasteiger partial charge in [0, 0.05) is 10.8 Å². The molecule has 1 aromatic heterocycles. The second-order valence-electron chi connectivity index (χ2n) is 6.98. The van der Waals surface area contributed by atoms with Crippen LogP contribution in [0.5, 0.6) is 0 Å². The van der Waals surface area contributed by atoms with E-state index in [-0.39, 0.29) is 0 Å². The minimum Gasteiger partial charge on any atom is -0.456 e. The van der Waals surface area contributed by atoms with Gasteiger partial charge >= 0.3 is 7.48 Å². The van der Waals surface area contributed by atoms with Crippen molar-refractivity contribution < 1.29 is 14.2 Å². The molecule has 1 N–H and O–H groups in total. The maximum atomic E-state index is 10.4. The summed E-state index contributed by atoms with van der Waals surface area (Å²) in [6, 6.07) is 11.7. The van der Waals surface area contributed by atoms with E-state index in [1.54, 1.807) is 13.8 Å². The monoisotopic (exact) mass is 344 g/mol. The third-order valence-electron chi connectivity index (χ3n) is 5.04. The van der Waals surface area contributed by atoms with E-state index in [2.05, 4.69) is 0 Å². The quantitative estimate of drug-likeness (QED) is 0.706. The standard InChI is InChI=1S/C19H22BClO3/c1-5-19(4,18(2,3)22)24-20-12-9-10-13-16(11-12)23-15-8-6-7-14(21)17(13)15/h6-11,20,22H,5H2,1-4H3. The van der Waals surface area contributed by atoms with Gasteiger partial charge in [-0.05, 0) is 50.9 Å². The predicted octanol–water partition coefficient (Wildman–Crippen LogP) is 4.17. The minimum absolute atomic E-state index is 0.412. The molecule has 0 radical (unpaired) electrons. The molecule has 126 valence electrons. The smallest absolute Gasteiger partial charge is 0.309 e. The van der Waals surface area contributed by atoms with Gasteiger partial charge in [-0.1, -0.05) is 36.7 Å². The van der Waals surface area contributed by atoms with Crippen LogP contribution in [-0.2, 0) is 4.65 Å². The van der Waals surface area contributed by atoms with Gasteiger partial charge in [0.2, 0.25) is 0 Å². The summed E-state index contributed by atoms with van der Waals surface area (Å²) in [5.74, 6) is 0. The van der Waals surface area contributed by atoms with Gasteiger partial charge in [0.1, 0.15) is 11.2 Å². The highest BCUT2D eigenvalue weighted by atomic mass is 35.5. The van der Waals surface area contributed by atoms with Gasteiger partial charge in [0.15, 0.2) is 0 Å². The van der Waals surface area contributed by atoms with E-state index in [0.717, 1.165) is 33.8 Å². The van der Waals surface area contributed by atoms with E-state index in [1.807, 2.05) is 50.2 Å². The van der Waals surface area contributed by atoms with E-state index in [0.29, 0.717) is 12.5 Å². The molecule has 3 rings (SSSR count). The molecule has 0 saturated heterocycles. The Bertz CT molecular complexity index is 881. The fourth-order valence-electron chi connectivity index (χ4n) is 2.87. The molecule has 0 bridgehead atoms. The van der Waals surface area contributed by atoms with Crippen LogP contribution in [-0.4, -0.2) is 23.8 Å². The first-order valence-corrected chi connectivity index (χ1v) is 8.59. The molecule has 0 amide bonds. The summed E-state index contributed by atoms with van der Waals surface area (Å²) < 4.78 is 12.0. The highest BCUT2D eigenvalue weighted by Gasteiger charge is 2.38. The number of hydrogen-bond acceptors (Lipinski definition) is 3. The summed E-state index contributed by atoms with van der Waals surface area (Å²) in [5, 5.41) is 13.0. The number of rotatable bonds is 5. The minimum atomic E-state index is -0.918. The van der Waals surface area contributed by atoms with E-state index in [1.165, 1.54) is 0 Å². The zero-order valence-electron chi connectivity index (χ0n) is 14.5. The van der Waals surface area contributed by atoms with Gasteiger partial charge in [-0.15, -0.1) is 0 Å². The molecule has 1 heterocycles. The van der Waals surface area contributed by atoms with Crippen molar-refractivity contribution in [1.29, 1.82) is 0 Å². The van der Waals surface area contributed by atoms with Crippen molar-refractivity contribution >= 4 is 46.5 Å². The fourth-order valence-corrected chi connectivity index (χ4v) is 3.14. The molecule has 0 fully saturated rings. The first-order chi connectivity index (χ1) is 11.2. The Morgan fingerprint density at radius 1 is 1.17 bits per heavy atom. The van der Waals surface area contributed by atoms with Crippen LogP contribution in [0.1, 0.15) is 34.1 Å². The molecule has 0 saturated carbocycles. The molecular weight excluding hydrogens is 322 g/mol. The van der Waals surface area contributed by atoms with Crippen molar-refractivity contribution in [3.05, 3.63) is 41.4 Å². The van der Waals surface area contributed by atoms with Crippen LogP contribution < -0.4 is 5.46 Å². The van der Waals surface area contributed by atoms with Gasteiger partial charge < -0.3 is 14.2 Å². The van der Waals surface area contributed by atoms with E-state index < -0.39 is 11.2 Å². The number of fused-ring (bicyclic) bond motifs is 3. The number of benzene rings is 2. The zero-order valence-corrected chi connectivity index (χ0v) is 15.3. The molecular formula is C19H22BClO3. The van der Waals surface area contributed by atoms with Gasteiger partial charge in [0.25, 0.3) is 0 Å². The van der Waals surface area contributed by atoms with Crippen LogP contribution in [0.15, 0.2) is 40.8 Å². The molecule has 3 nitrogen and oxygen atoms in total. The summed E-state index contributed by atoms with van der Waals surface area (Å²) >= 11 is 6.29. The number of hydrogen-bond donors (Lipinski definition) is 1. The highest BCUT2D eigenvalue weighted by Crippen LogP contribution is 2.33. The Morgan fingerprint density at radius 3 is 2.58 bits per heavy atom. The zero-order chi connectivity index (χ0) is 17.5. The SMILES string of the molecule is CCC(C)(OBc1ccc2c(c1)oc1cccc(Cl)c12)C(C)(C)O. The van der Waals surface area contributed by atoms with Crippen molar-refractivity contribution in [1.82, 2.24) is 0 Å². The van der Waals surface area contributed by atoms with Gasteiger partial charge in [-0.2, -0.15) is 0 Å². The number of furan rings is 1. The molecule has 2 aromatic carbocycles. The third-order valence-corrected chi connectivity index (χ3v) is 5.35. The Kier molecular flexibility index (Phi) is 4.41. The Labute approximate surface area is 147 Å². The average molecular weight is 345 g/mol. The van der Waals surface area contributed by atoms with Crippen molar-refractivity contribution in [3.8, 4) is 0 Å². The van der Waals surface area contributed by atoms with E-state index in [4.69, 9.17) is 20.7 Å². The summed E-state index contributed by atoms with van der Waals surface area (Å²) in [4.78, 5) is 0. The Balaban J connectivity index is 1.92. The van der Waals surface area contributed by atoms with Crippen LogP contribution in [0.3, 0.4) is 0 Å². The number of aliphatic hydroxyl groups is 1. The summed E-state index contributed by atoms with van der Waals surface area (Å²) in [5.41, 5.74) is 1.05. The molecule has 0 aliphatic heterocycles. The van der Waals surface area contributed by atoms with Gasteiger partial charge in [-0.25, -0.2) is 0 Å². The van der Waals surface area contributed by atoms with Crippen molar-refractivity contribution in [3.63, 3.8) is 0 Å². The lowest BCUT2D eigenvalue weighted by atomic mass is 9.80. The van der Waals surface area contributed by atoms with Gasteiger partial charge in [-0.3, -0.25) is 0 Å². The van der Waals surface area contributed by atoms with Gasteiger partial charge in [0.05, 0.1) is 16.2 Å². The molecule has 1 atom stereocenters. The Hall–Kier alpha value is -1.49. The van der Waals surface area contributed by atoms with Crippen LogP contribution in [0.4, 0.5) is 0 Å². The average Bonchev–Trinajstić information content (AvgIpc) is 2.90. The third kappa shape index (κ3) is 2.94. The second-order valence-corrected chi connectivity index (χ2v) is 7.38. The molecule has 0 aliphatic carbocycles. The van der Waals surface area contributed by atoms with Crippen molar-refractivity contribution in [2.24, 2.45) is 0 Å². The molecule has 5 heteroatoms. The molecule has 0 spiro atoms. The van der Waals surface area contributed by atoms with Crippen LogP contribution in [0, 0.1) is 0 Å². The van der Waals surface area contributed by atoms with Crippen molar-refractivity contribution in [2.45, 2.75) is 45.3 Å². The summed E-state index contributed by atoms with van der Waals surface area (Å²) in [6.07, 6.45) is 0.721. The largest absolute Gasteiger partial charge is 0.456 e. The lowest BCUT2D eigenvalue weighted by Gasteiger charge is -2.40. The second kappa shape index (κ2) is 6.10. The van der Waals surface area contributed by atoms with E-state index in [9.17, 15) is 5.11 Å². The topological polar surface area (TPSA) is 42.6 Å². The van der Waals surface area contributed by atoms with Crippen LogP contribution in [0.25, 0.3) is 21.9 Å². The molecule has 0 aliphatic rings. The first-order valence-electron chi connectivity index (χ1n) is 8.21. The van der Waals surface area contributed by atoms with Crippen LogP contribution in [0.2, 0.25) is 5.02 Å². The summed E-state index contributed by atoms with van der Waals surface area (Å²) in [7, 11) is 0.412. The first kappa shape index (κ1) is 17.3. The van der Waals surface area contributed by atoms with E-state index >= 15 is 0 Å². The molecule has 3 aromatic rings. The molecule has 24 heavy (non-hydrogen) atoms. The lowest BCUT2D eigenvalue weighted by Crippen LogP contribution is -2.51. The lowest BCUT2D eigenvalue weighted by molar-refractivity contribution is -0.103.